The van der Waals surface area contributed by atoms with Gasteiger partial charge in [-0.1, -0.05) is 12.1 Å². The molecule has 0 atom stereocenters. The van der Waals surface area contributed by atoms with Crippen molar-refractivity contribution >= 4 is 23.2 Å². The van der Waals surface area contributed by atoms with Crippen LogP contribution >= 0.6 is 0 Å². The van der Waals surface area contributed by atoms with Crippen molar-refractivity contribution < 1.29 is 14.3 Å². The molecule has 1 aliphatic rings. The number of hydrogen-bond acceptors (Lipinski definition) is 7. The average molecular weight is 473 g/mol. The lowest BCUT2D eigenvalue weighted by atomic mass is 10.1. The van der Waals surface area contributed by atoms with E-state index < -0.39 is 0 Å². The highest BCUT2D eigenvalue weighted by atomic mass is 16.5. The molecule has 0 spiro atoms. The number of ether oxygens (including phenoxy) is 2. The summed E-state index contributed by atoms with van der Waals surface area (Å²) < 4.78 is 12.5. The molecular formula is C26H28N6O3. The zero-order chi connectivity index (χ0) is 24.0. The van der Waals surface area contributed by atoms with Crippen molar-refractivity contribution in [3.8, 4) is 16.9 Å². The summed E-state index contributed by atoms with van der Waals surface area (Å²) in [6.45, 7) is 4.77. The summed E-state index contributed by atoms with van der Waals surface area (Å²) in [4.78, 5) is 19.5. The molecule has 0 unspecified atom stereocenters. The molecule has 0 saturated carbocycles. The molecular weight excluding hydrogens is 444 g/mol. The average Bonchev–Trinajstić information content (AvgIpc) is 3.32. The number of anilines is 2. The summed E-state index contributed by atoms with van der Waals surface area (Å²) in [5.41, 5.74) is 4.10. The first-order valence-electron chi connectivity index (χ1n) is 11.6. The van der Waals surface area contributed by atoms with E-state index >= 15 is 0 Å². The Morgan fingerprint density at radius 1 is 1.09 bits per heavy atom. The topological polar surface area (TPSA) is 93.0 Å². The van der Waals surface area contributed by atoms with Crippen LogP contribution in [0, 0.1) is 0 Å². The number of carbonyl (C=O) groups is 1. The predicted molar refractivity (Wildman–Crippen MR) is 134 cm³/mol. The van der Waals surface area contributed by atoms with Crippen molar-refractivity contribution in [2.45, 2.75) is 0 Å². The Kier molecular flexibility index (Phi) is 6.87. The van der Waals surface area contributed by atoms with E-state index in [0.717, 1.165) is 61.1 Å². The molecule has 3 heterocycles. The Morgan fingerprint density at radius 2 is 1.91 bits per heavy atom. The van der Waals surface area contributed by atoms with Gasteiger partial charge in [0.2, 0.25) is 5.95 Å². The Labute approximate surface area is 203 Å². The van der Waals surface area contributed by atoms with Crippen LogP contribution in [-0.2, 0) is 4.74 Å². The van der Waals surface area contributed by atoms with Crippen molar-refractivity contribution in [1.29, 1.82) is 0 Å². The Morgan fingerprint density at radius 3 is 2.71 bits per heavy atom. The number of hydrogen-bond donors (Lipinski definition) is 2. The van der Waals surface area contributed by atoms with Gasteiger partial charge >= 0.3 is 0 Å². The molecule has 2 N–H and O–H groups in total. The number of rotatable bonds is 8. The van der Waals surface area contributed by atoms with E-state index in [9.17, 15) is 4.79 Å². The largest absolute Gasteiger partial charge is 0.497 e. The van der Waals surface area contributed by atoms with Crippen LogP contribution in [0.4, 0.5) is 11.6 Å². The number of methoxy groups -OCH3 is 1. The van der Waals surface area contributed by atoms with E-state index in [0.29, 0.717) is 18.1 Å². The smallest absolute Gasteiger partial charge is 0.251 e. The summed E-state index contributed by atoms with van der Waals surface area (Å²) >= 11 is 0. The highest BCUT2D eigenvalue weighted by Gasteiger charge is 2.13. The number of carbonyl (C=O) groups excluding carboxylic acids is 1. The van der Waals surface area contributed by atoms with Crippen molar-refractivity contribution in [3.05, 3.63) is 72.4 Å². The molecule has 0 aliphatic carbocycles. The molecule has 4 aromatic rings. The van der Waals surface area contributed by atoms with E-state index in [1.54, 1.807) is 23.8 Å². The van der Waals surface area contributed by atoms with Crippen molar-refractivity contribution in [2.24, 2.45) is 0 Å². The minimum atomic E-state index is -0.0846. The maximum atomic E-state index is 12.5. The van der Waals surface area contributed by atoms with E-state index in [1.807, 2.05) is 54.7 Å². The molecule has 1 saturated heterocycles. The van der Waals surface area contributed by atoms with Gasteiger partial charge in [0.05, 0.1) is 20.3 Å². The lowest BCUT2D eigenvalue weighted by molar-refractivity contribution is 0.0383. The van der Waals surface area contributed by atoms with Crippen LogP contribution in [0.3, 0.4) is 0 Å². The molecule has 0 radical (unpaired) electrons. The van der Waals surface area contributed by atoms with Crippen LogP contribution in [0.5, 0.6) is 5.75 Å². The molecule has 9 heteroatoms. The number of nitrogens with zero attached hydrogens (tertiary/aromatic N) is 4. The van der Waals surface area contributed by atoms with Gasteiger partial charge in [0.1, 0.15) is 5.75 Å². The van der Waals surface area contributed by atoms with Gasteiger partial charge in [-0.2, -0.15) is 4.98 Å². The Balaban J connectivity index is 1.24. The number of morpholine rings is 1. The second-order valence-corrected chi connectivity index (χ2v) is 8.27. The third-order valence-electron chi connectivity index (χ3n) is 5.96. The highest BCUT2D eigenvalue weighted by Crippen LogP contribution is 2.27. The minimum Gasteiger partial charge on any atom is -0.497 e. The molecule has 2 aromatic carbocycles. The zero-order valence-electron chi connectivity index (χ0n) is 19.6. The van der Waals surface area contributed by atoms with Crippen LogP contribution in [0.25, 0.3) is 16.8 Å². The summed E-state index contributed by atoms with van der Waals surface area (Å²) in [7, 11) is 1.65. The SMILES string of the molecule is COc1cccc(-c2cccn3nc(Nc4ccc(C(=O)NCCN5CCOCC5)cc4)nc23)c1. The van der Waals surface area contributed by atoms with Gasteiger partial charge in [-0.25, -0.2) is 4.52 Å². The third-order valence-corrected chi connectivity index (χ3v) is 5.96. The van der Waals surface area contributed by atoms with E-state index in [2.05, 4.69) is 25.6 Å². The van der Waals surface area contributed by atoms with Gasteiger partial charge < -0.3 is 20.1 Å². The number of amides is 1. The molecule has 2 aromatic heterocycles. The first kappa shape index (κ1) is 22.8. The second kappa shape index (κ2) is 10.5. The number of fused-ring (bicyclic) bond motifs is 1. The van der Waals surface area contributed by atoms with Crippen LogP contribution in [0.1, 0.15) is 10.4 Å². The number of pyridine rings is 1. The van der Waals surface area contributed by atoms with Gasteiger partial charge in [-0.15, -0.1) is 5.10 Å². The van der Waals surface area contributed by atoms with Crippen molar-refractivity contribution in [3.63, 3.8) is 0 Å². The fourth-order valence-electron chi connectivity index (χ4n) is 4.06. The standard InChI is InChI=1S/C26H28N6O3/c1-34-22-5-2-4-20(18-22)23-6-3-12-32-24(23)29-26(30-32)28-21-9-7-19(8-10-21)25(33)27-11-13-31-14-16-35-17-15-31/h2-10,12,18H,11,13-17H2,1H3,(H,27,33)(H,28,30). The first-order valence-corrected chi connectivity index (χ1v) is 11.6. The van der Waals surface area contributed by atoms with Gasteiger partial charge in [-0.3, -0.25) is 9.69 Å². The monoisotopic (exact) mass is 472 g/mol. The highest BCUT2D eigenvalue weighted by molar-refractivity contribution is 5.94. The zero-order valence-corrected chi connectivity index (χ0v) is 19.6. The first-order chi connectivity index (χ1) is 17.2. The maximum absolute atomic E-state index is 12.5. The van der Waals surface area contributed by atoms with Crippen LogP contribution in [0.2, 0.25) is 0 Å². The quantitative estimate of drug-likeness (QED) is 0.407. The fourth-order valence-corrected chi connectivity index (χ4v) is 4.06. The summed E-state index contributed by atoms with van der Waals surface area (Å²) in [6, 6.07) is 19.1. The summed E-state index contributed by atoms with van der Waals surface area (Å²) in [6.07, 6.45) is 1.86. The normalized spacial score (nSPS) is 14.1. The second-order valence-electron chi connectivity index (χ2n) is 8.27. The molecule has 9 nitrogen and oxygen atoms in total. The van der Waals surface area contributed by atoms with Gasteiger partial charge in [-0.05, 0) is 54.1 Å². The minimum absolute atomic E-state index is 0.0846. The molecule has 5 rings (SSSR count). The van der Waals surface area contributed by atoms with Crippen molar-refractivity contribution in [2.75, 3.05) is 51.8 Å². The lowest BCUT2D eigenvalue weighted by Gasteiger charge is -2.26. The van der Waals surface area contributed by atoms with Crippen LogP contribution < -0.4 is 15.4 Å². The van der Waals surface area contributed by atoms with E-state index in [4.69, 9.17) is 9.47 Å². The summed E-state index contributed by atoms with van der Waals surface area (Å²) in [5.74, 6) is 1.18. The van der Waals surface area contributed by atoms with Gasteiger partial charge in [0, 0.05) is 49.2 Å². The Bertz CT molecular complexity index is 1300. The number of benzene rings is 2. The van der Waals surface area contributed by atoms with Crippen LogP contribution in [-0.4, -0.2) is 71.9 Å². The molecule has 35 heavy (non-hydrogen) atoms. The maximum Gasteiger partial charge on any atom is 0.251 e. The fraction of sp³-hybridized carbons (Fsp3) is 0.269. The molecule has 0 bridgehead atoms. The van der Waals surface area contributed by atoms with E-state index in [1.165, 1.54) is 0 Å². The van der Waals surface area contributed by atoms with E-state index in [-0.39, 0.29) is 5.91 Å². The predicted octanol–water partition coefficient (Wildman–Crippen LogP) is 3.21. The third kappa shape index (κ3) is 5.42. The molecule has 1 fully saturated rings. The number of aromatic nitrogens is 3. The van der Waals surface area contributed by atoms with Gasteiger partial charge in [0.15, 0.2) is 5.65 Å². The summed E-state index contributed by atoms with van der Waals surface area (Å²) in [5, 5.41) is 10.8. The molecule has 1 amide bonds. The molecule has 1 aliphatic heterocycles. The molecule has 180 valence electrons. The van der Waals surface area contributed by atoms with Crippen LogP contribution in [0.15, 0.2) is 66.9 Å². The van der Waals surface area contributed by atoms with Gasteiger partial charge in [0.25, 0.3) is 5.91 Å². The Hall–Kier alpha value is -3.95. The lowest BCUT2D eigenvalue weighted by Crippen LogP contribution is -2.41. The van der Waals surface area contributed by atoms with Crippen molar-refractivity contribution in [1.82, 2.24) is 24.8 Å². The number of nitrogens with one attached hydrogen (secondary N) is 2.